The first kappa shape index (κ1) is 20.3. The Bertz CT molecular complexity index is 587. The maximum atomic E-state index is 4.91. The van der Waals surface area contributed by atoms with Gasteiger partial charge in [-0.05, 0) is 38.8 Å². The molecule has 0 atom stereocenters. The summed E-state index contributed by atoms with van der Waals surface area (Å²) in [6.45, 7) is 15.9. The number of hydrogen-bond acceptors (Lipinski definition) is 6. The van der Waals surface area contributed by atoms with Crippen molar-refractivity contribution in [3.63, 3.8) is 0 Å². The molecule has 0 unspecified atom stereocenters. The number of hydrogen-bond donors (Lipinski definition) is 1. The SMILES string of the molecule is CCNC(=NCCN1CCC(C)CC1)N1CCN(c2nc(CC)ns2)CC1. The molecule has 7 nitrogen and oxygen atoms in total. The van der Waals surface area contributed by atoms with Gasteiger partial charge in [0.05, 0.1) is 6.54 Å². The molecule has 152 valence electrons. The van der Waals surface area contributed by atoms with Crippen LogP contribution in [0.4, 0.5) is 5.13 Å². The highest BCUT2D eigenvalue weighted by Gasteiger charge is 2.22. The third-order valence-corrected chi connectivity index (χ3v) is 6.33. The van der Waals surface area contributed by atoms with Crippen LogP contribution in [0.3, 0.4) is 0 Å². The molecule has 27 heavy (non-hydrogen) atoms. The molecule has 2 aliphatic rings. The molecule has 0 aromatic carbocycles. The normalized spacial score (nSPS) is 20.3. The molecule has 0 radical (unpaired) electrons. The van der Waals surface area contributed by atoms with E-state index < -0.39 is 0 Å². The lowest BCUT2D eigenvalue weighted by atomic mass is 9.99. The van der Waals surface area contributed by atoms with Crippen LogP contribution in [0.1, 0.15) is 39.4 Å². The molecule has 2 fully saturated rings. The summed E-state index contributed by atoms with van der Waals surface area (Å²) in [4.78, 5) is 16.8. The Kier molecular flexibility index (Phi) is 7.70. The molecule has 0 aliphatic carbocycles. The van der Waals surface area contributed by atoms with Crippen LogP contribution in [0.15, 0.2) is 4.99 Å². The predicted molar refractivity (Wildman–Crippen MR) is 114 cm³/mol. The van der Waals surface area contributed by atoms with E-state index in [4.69, 9.17) is 4.99 Å². The molecule has 1 aromatic heterocycles. The van der Waals surface area contributed by atoms with E-state index in [0.29, 0.717) is 0 Å². The predicted octanol–water partition coefficient (Wildman–Crippen LogP) is 1.92. The Balaban J connectivity index is 1.48. The van der Waals surface area contributed by atoms with Crippen molar-refractivity contribution in [2.45, 2.75) is 40.0 Å². The first-order valence-corrected chi connectivity index (χ1v) is 11.3. The van der Waals surface area contributed by atoms with Crippen LogP contribution in [0.2, 0.25) is 0 Å². The second-order valence-electron chi connectivity index (χ2n) is 7.58. The van der Waals surface area contributed by atoms with Crippen LogP contribution in [0, 0.1) is 5.92 Å². The second-order valence-corrected chi connectivity index (χ2v) is 8.31. The van der Waals surface area contributed by atoms with Gasteiger partial charge in [-0.25, -0.2) is 4.98 Å². The van der Waals surface area contributed by atoms with Crippen molar-refractivity contribution in [3.8, 4) is 0 Å². The first-order chi connectivity index (χ1) is 13.2. The largest absolute Gasteiger partial charge is 0.357 e. The van der Waals surface area contributed by atoms with Crippen molar-refractivity contribution in [2.75, 3.05) is 63.8 Å². The van der Waals surface area contributed by atoms with Crippen LogP contribution in [0.5, 0.6) is 0 Å². The molecule has 3 rings (SSSR count). The quantitative estimate of drug-likeness (QED) is 0.589. The van der Waals surface area contributed by atoms with E-state index in [0.717, 1.165) is 75.1 Å². The van der Waals surface area contributed by atoms with Gasteiger partial charge in [-0.1, -0.05) is 13.8 Å². The zero-order chi connectivity index (χ0) is 19.1. The topological polar surface area (TPSA) is 59.9 Å². The molecule has 1 N–H and O–H groups in total. The lowest BCUT2D eigenvalue weighted by Gasteiger charge is -2.36. The number of rotatable bonds is 6. The van der Waals surface area contributed by atoms with Crippen molar-refractivity contribution in [2.24, 2.45) is 10.9 Å². The summed E-state index contributed by atoms with van der Waals surface area (Å²) in [5, 5.41) is 4.54. The maximum Gasteiger partial charge on any atom is 0.205 e. The number of piperidine rings is 1. The third-order valence-electron chi connectivity index (χ3n) is 5.51. The van der Waals surface area contributed by atoms with Crippen LogP contribution in [-0.2, 0) is 6.42 Å². The van der Waals surface area contributed by atoms with E-state index >= 15 is 0 Å². The van der Waals surface area contributed by atoms with Gasteiger partial charge in [-0.2, -0.15) is 4.37 Å². The van der Waals surface area contributed by atoms with Gasteiger partial charge >= 0.3 is 0 Å². The van der Waals surface area contributed by atoms with Crippen LogP contribution in [-0.4, -0.2) is 84.0 Å². The molecule has 0 amide bonds. The van der Waals surface area contributed by atoms with Gasteiger partial charge in [0, 0.05) is 57.2 Å². The lowest BCUT2D eigenvalue weighted by Crippen LogP contribution is -2.52. The molecule has 2 aliphatic heterocycles. The highest BCUT2D eigenvalue weighted by atomic mass is 32.1. The van der Waals surface area contributed by atoms with Gasteiger partial charge in [0.2, 0.25) is 5.13 Å². The van der Waals surface area contributed by atoms with Gasteiger partial charge in [-0.3, -0.25) is 4.99 Å². The summed E-state index contributed by atoms with van der Waals surface area (Å²) in [5.41, 5.74) is 0. The number of aromatic nitrogens is 2. The number of aliphatic imine (C=N–C) groups is 1. The summed E-state index contributed by atoms with van der Waals surface area (Å²) < 4.78 is 4.42. The van der Waals surface area contributed by atoms with Gasteiger partial charge in [-0.15, -0.1) is 0 Å². The summed E-state index contributed by atoms with van der Waals surface area (Å²) in [5.74, 6) is 2.91. The van der Waals surface area contributed by atoms with Gasteiger partial charge in [0.15, 0.2) is 5.96 Å². The summed E-state index contributed by atoms with van der Waals surface area (Å²) in [6, 6.07) is 0. The Hall–Kier alpha value is -1.41. The zero-order valence-corrected chi connectivity index (χ0v) is 18.0. The molecular weight excluding hydrogens is 358 g/mol. The molecular formula is C19H35N7S. The van der Waals surface area contributed by atoms with E-state index in [1.165, 1.54) is 37.5 Å². The van der Waals surface area contributed by atoms with Gasteiger partial charge in [0.1, 0.15) is 5.82 Å². The number of likely N-dealkylation sites (tertiary alicyclic amines) is 1. The van der Waals surface area contributed by atoms with E-state index in [9.17, 15) is 0 Å². The van der Waals surface area contributed by atoms with Gasteiger partial charge < -0.3 is 20.0 Å². The smallest absolute Gasteiger partial charge is 0.205 e. The fraction of sp³-hybridized carbons (Fsp3) is 0.842. The van der Waals surface area contributed by atoms with Gasteiger partial charge in [0.25, 0.3) is 0 Å². The third kappa shape index (κ3) is 5.78. The molecule has 0 spiro atoms. The monoisotopic (exact) mass is 393 g/mol. The second kappa shape index (κ2) is 10.2. The highest BCUT2D eigenvalue weighted by Crippen LogP contribution is 2.19. The highest BCUT2D eigenvalue weighted by molar-refractivity contribution is 7.09. The Morgan fingerprint density at radius 1 is 1.15 bits per heavy atom. The fourth-order valence-electron chi connectivity index (χ4n) is 3.64. The number of guanidine groups is 1. The summed E-state index contributed by atoms with van der Waals surface area (Å²) in [6.07, 6.45) is 3.57. The van der Waals surface area contributed by atoms with Crippen LogP contribution in [0.25, 0.3) is 0 Å². The minimum Gasteiger partial charge on any atom is -0.357 e. The number of anilines is 1. The van der Waals surface area contributed by atoms with Crippen molar-refractivity contribution < 1.29 is 0 Å². The minimum absolute atomic E-state index is 0.882. The molecule has 1 aromatic rings. The van der Waals surface area contributed by atoms with Crippen molar-refractivity contribution in [1.29, 1.82) is 0 Å². The van der Waals surface area contributed by atoms with E-state index in [2.05, 4.69) is 50.1 Å². The zero-order valence-electron chi connectivity index (χ0n) is 17.2. The number of nitrogens with one attached hydrogen (secondary N) is 1. The first-order valence-electron chi connectivity index (χ1n) is 10.5. The van der Waals surface area contributed by atoms with E-state index in [1.54, 1.807) is 0 Å². The minimum atomic E-state index is 0.882. The Labute approximate surface area is 168 Å². The average molecular weight is 394 g/mol. The fourth-order valence-corrected chi connectivity index (χ4v) is 4.44. The Morgan fingerprint density at radius 3 is 2.52 bits per heavy atom. The van der Waals surface area contributed by atoms with E-state index in [-0.39, 0.29) is 0 Å². The molecule has 8 heteroatoms. The molecule has 0 bridgehead atoms. The van der Waals surface area contributed by atoms with Crippen LogP contribution >= 0.6 is 11.5 Å². The summed E-state index contributed by atoms with van der Waals surface area (Å²) >= 11 is 1.53. The van der Waals surface area contributed by atoms with Crippen LogP contribution < -0.4 is 10.2 Å². The number of aryl methyl sites for hydroxylation is 1. The van der Waals surface area contributed by atoms with Crippen molar-refractivity contribution >= 4 is 22.6 Å². The number of nitrogens with zero attached hydrogens (tertiary/aromatic N) is 6. The summed E-state index contributed by atoms with van der Waals surface area (Å²) in [7, 11) is 0. The number of piperazine rings is 1. The van der Waals surface area contributed by atoms with E-state index in [1.807, 2.05) is 0 Å². The van der Waals surface area contributed by atoms with Crippen molar-refractivity contribution in [3.05, 3.63) is 5.82 Å². The lowest BCUT2D eigenvalue weighted by molar-refractivity contribution is 0.197. The average Bonchev–Trinajstić information content (AvgIpc) is 3.18. The maximum absolute atomic E-state index is 4.91. The molecule has 2 saturated heterocycles. The van der Waals surface area contributed by atoms with Crippen molar-refractivity contribution in [1.82, 2.24) is 24.5 Å². The standard InChI is InChI=1S/C19H35N7S/c1-4-17-22-19(27-23-17)26-14-12-25(13-15-26)18(20-5-2)21-8-11-24-9-6-16(3)7-10-24/h16H,4-15H2,1-3H3,(H,20,21). The molecule has 3 heterocycles. The Morgan fingerprint density at radius 2 is 1.89 bits per heavy atom. The molecule has 0 saturated carbocycles.